The highest BCUT2D eigenvalue weighted by Crippen LogP contribution is 2.33. The Morgan fingerprint density at radius 3 is 3.05 bits per heavy atom. The number of H-pyrrole nitrogens is 1. The molecule has 2 aromatic rings. The van der Waals surface area contributed by atoms with Crippen LogP contribution in [-0.2, 0) is 13.0 Å². The van der Waals surface area contributed by atoms with E-state index in [1.807, 2.05) is 0 Å². The van der Waals surface area contributed by atoms with Crippen molar-refractivity contribution in [2.45, 2.75) is 26.3 Å². The lowest BCUT2D eigenvalue weighted by Gasteiger charge is -2.26. The Bertz CT molecular complexity index is 714. The maximum absolute atomic E-state index is 11.1. The Balaban J connectivity index is 1.99. The molecule has 0 saturated carbocycles. The third-order valence-electron chi connectivity index (χ3n) is 3.97. The highest BCUT2D eigenvalue weighted by atomic mass is 35.5. The first-order chi connectivity index (χ1) is 10.6. The summed E-state index contributed by atoms with van der Waals surface area (Å²) in [5.74, 6) is 0. The van der Waals surface area contributed by atoms with Gasteiger partial charge in [-0.05, 0) is 19.0 Å². The summed E-state index contributed by atoms with van der Waals surface area (Å²) in [5, 5.41) is 18.6. The smallest absolute Gasteiger partial charge is 0.288 e. The van der Waals surface area contributed by atoms with Crippen molar-refractivity contribution in [1.82, 2.24) is 15.1 Å². The zero-order chi connectivity index (χ0) is 15.7. The molecule has 7 heteroatoms. The lowest BCUT2D eigenvalue weighted by atomic mass is 10.0. The van der Waals surface area contributed by atoms with E-state index >= 15 is 0 Å². The van der Waals surface area contributed by atoms with Gasteiger partial charge in [-0.1, -0.05) is 24.6 Å². The van der Waals surface area contributed by atoms with E-state index in [0.29, 0.717) is 0 Å². The summed E-state index contributed by atoms with van der Waals surface area (Å²) < 4.78 is 0. The quantitative estimate of drug-likeness (QED) is 0.692. The lowest BCUT2D eigenvalue weighted by molar-refractivity contribution is -0.384. The van der Waals surface area contributed by atoms with E-state index in [0.717, 1.165) is 55.0 Å². The Morgan fingerprint density at radius 2 is 2.32 bits per heavy atom. The summed E-state index contributed by atoms with van der Waals surface area (Å²) in [6.07, 6.45) is 2.03. The molecule has 0 spiro atoms. The van der Waals surface area contributed by atoms with Crippen LogP contribution in [0, 0.1) is 10.1 Å². The Kier molecular flexibility index (Phi) is 4.13. The van der Waals surface area contributed by atoms with Crippen LogP contribution in [0.15, 0.2) is 18.2 Å². The first-order valence-corrected chi connectivity index (χ1v) is 7.70. The molecule has 0 saturated heterocycles. The van der Waals surface area contributed by atoms with Crippen LogP contribution in [0.25, 0.3) is 11.3 Å². The van der Waals surface area contributed by atoms with Gasteiger partial charge in [0.2, 0.25) is 0 Å². The minimum atomic E-state index is -0.464. The fourth-order valence-electron chi connectivity index (χ4n) is 2.90. The van der Waals surface area contributed by atoms with E-state index in [4.69, 9.17) is 11.6 Å². The molecule has 1 aliphatic heterocycles. The molecule has 0 radical (unpaired) electrons. The average Bonchev–Trinajstić information content (AvgIpc) is 2.91. The summed E-state index contributed by atoms with van der Waals surface area (Å²) >= 11 is 5.88. The van der Waals surface area contributed by atoms with Crippen LogP contribution in [0.1, 0.15) is 24.6 Å². The van der Waals surface area contributed by atoms with Crippen LogP contribution in [0.5, 0.6) is 0 Å². The van der Waals surface area contributed by atoms with Crippen molar-refractivity contribution in [2.75, 3.05) is 13.1 Å². The molecule has 2 heterocycles. The molecule has 1 aromatic carbocycles. The highest BCUT2D eigenvalue weighted by Gasteiger charge is 2.23. The number of rotatable bonds is 4. The predicted octanol–water partition coefficient (Wildman–Crippen LogP) is 3.41. The number of nitrogens with one attached hydrogen (secondary N) is 1. The van der Waals surface area contributed by atoms with Gasteiger partial charge in [0.05, 0.1) is 10.6 Å². The maximum atomic E-state index is 11.1. The third kappa shape index (κ3) is 2.71. The first-order valence-electron chi connectivity index (χ1n) is 7.33. The van der Waals surface area contributed by atoms with E-state index in [1.165, 1.54) is 6.07 Å². The number of hydrogen-bond donors (Lipinski definition) is 1. The van der Waals surface area contributed by atoms with Gasteiger partial charge in [0.1, 0.15) is 5.02 Å². The summed E-state index contributed by atoms with van der Waals surface area (Å²) in [6, 6.07) is 4.84. The van der Waals surface area contributed by atoms with Crippen molar-refractivity contribution < 1.29 is 4.92 Å². The van der Waals surface area contributed by atoms with Gasteiger partial charge in [-0.15, -0.1) is 0 Å². The minimum Gasteiger partial charge on any atom is -0.299 e. The highest BCUT2D eigenvalue weighted by molar-refractivity contribution is 6.32. The number of hydrogen-bond acceptors (Lipinski definition) is 4. The Labute approximate surface area is 133 Å². The number of fused-ring (bicyclic) bond motifs is 1. The van der Waals surface area contributed by atoms with Crippen molar-refractivity contribution in [3.63, 3.8) is 0 Å². The second kappa shape index (κ2) is 6.06. The van der Waals surface area contributed by atoms with Gasteiger partial charge in [-0.2, -0.15) is 5.10 Å². The Hall–Kier alpha value is -1.92. The third-order valence-corrected chi connectivity index (χ3v) is 4.29. The summed E-state index contributed by atoms with van der Waals surface area (Å²) in [6.45, 7) is 5.05. The second-order valence-electron chi connectivity index (χ2n) is 5.48. The van der Waals surface area contributed by atoms with Crippen molar-refractivity contribution in [3.8, 4) is 11.3 Å². The molecular formula is C15H17ClN4O2. The molecule has 0 unspecified atom stereocenters. The molecule has 0 atom stereocenters. The summed E-state index contributed by atoms with van der Waals surface area (Å²) in [7, 11) is 0. The number of benzene rings is 1. The number of halogens is 1. The lowest BCUT2D eigenvalue weighted by Crippen LogP contribution is -2.31. The van der Waals surface area contributed by atoms with Crippen LogP contribution in [0.2, 0.25) is 5.02 Å². The van der Waals surface area contributed by atoms with Crippen LogP contribution in [0.4, 0.5) is 5.69 Å². The number of nitro groups is 1. The van der Waals surface area contributed by atoms with Crippen LogP contribution >= 0.6 is 11.6 Å². The average molecular weight is 321 g/mol. The minimum absolute atomic E-state index is 0.0860. The monoisotopic (exact) mass is 320 g/mol. The molecule has 0 aliphatic carbocycles. The largest absolute Gasteiger partial charge is 0.299 e. The van der Waals surface area contributed by atoms with E-state index < -0.39 is 4.92 Å². The van der Waals surface area contributed by atoms with Crippen molar-refractivity contribution in [3.05, 3.63) is 44.6 Å². The van der Waals surface area contributed by atoms with Gasteiger partial charge < -0.3 is 0 Å². The number of nitro benzene ring substituents is 1. The SMILES string of the molecule is CCCN1CCc2[nH]nc(-c3ccc(Cl)c([N+](=O)[O-])c3)c2C1. The van der Waals surface area contributed by atoms with Gasteiger partial charge in [0, 0.05) is 42.4 Å². The molecular weight excluding hydrogens is 304 g/mol. The maximum Gasteiger partial charge on any atom is 0.288 e. The number of aromatic amines is 1. The molecule has 3 rings (SSSR count). The second-order valence-corrected chi connectivity index (χ2v) is 5.89. The molecule has 22 heavy (non-hydrogen) atoms. The standard InChI is InChI=1S/C15H17ClN4O2/c1-2-6-19-7-5-13-11(9-19)15(18-17-13)10-3-4-12(16)14(8-10)20(21)22/h3-4,8H,2,5-7,9H2,1H3,(H,17,18). The Morgan fingerprint density at radius 1 is 1.50 bits per heavy atom. The van der Waals surface area contributed by atoms with Gasteiger partial charge >= 0.3 is 0 Å². The molecule has 0 bridgehead atoms. The van der Waals surface area contributed by atoms with Gasteiger partial charge in [0.15, 0.2) is 0 Å². The van der Waals surface area contributed by atoms with E-state index in [2.05, 4.69) is 22.0 Å². The van der Waals surface area contributed by atoms with E-state index in [1.54, 1.807) is 12.1 Å². The van der Waals surface area contributed by atoms with Crippen molar-refractivity contribution >= 4 is 17.3 Å². The van der Waals surface area contributed by atoms with Crippen molar-refractivity contribution in [1.29, 1.82) is 0 Å². The fraction of sp³-hybridized carbons (Fsp3) is 0.400. The zero-order valence-corrected chi connectivity index (χ0v) is 13.1. The number of aromatic nitrogens is 2. The predicted molar refractivity (Wildman–Crippen MR) is 85.0 cm³/mol. The van der Waals surface area contributed by atoms with Crippen LogP contribution in [-0.4, -0.2) is 33.1 Å². The van der Waals surface area contributed by atoms with Crippen molar-refractivity contribution in [2.24, 2.45) is 0 Å². The summed E-state index contributed by atoms with van der Waals surface area (Å²) in [4.78, 5) is 13.0. The van der Waals surface area contributed by atoms with E-state index in [9.17, 15) is 10.1 Å². The normalized spacial score (nSPS) is 14.8. The molecule has 0 fully saturated rings. The molecule has 1 N–H and O–H groups in total. The zero-order valence-electron chi connectivity index (χ0n) is 12.3. The molecule has 0 amide bonds. The molecule has 6 nitrogen and oxygen atoms in total. The van der Waals surface area contributed by atoms with Gasteiger partial charge in [-0.3, -0.25) is 20.1 Å². The van der Waals surface area contributed by atoms with Crippen LogP contribution in [0.3, 0.4) is 0 Å². The van der Waals surface area contributed by atoms with Gasteiger partial charge in [0.25, 0.3) is 5.69 Å². The molecule has 1 aliphatic rings. The van der Waals surface area contributed by atoms with E-state index in [-0.39, 0.29) is 10.7 Å². The molecule has 116 valence electrons. The van der Waals surface area contributed by atoms with Crippen LogP contribution < -0.4 is 0 Å². The molecule has 1 aromatic heterocycles. The van der Waals surface area contributed by atoms with Gasteiger partial charge in [-0.25, -0.2) is 0 Å². The number of nitrogens with zero attached hydrogens (tertiary/aromatic N) is 3. The first kappa shape index (κ1) is 15.0. The topological polar surface area (TPSA) is 75.1 Å². The fourth-order valence-corrected chi connectivity index (χ4v) is 3.08. The summed E-state index contributed by atoms with van der Waals surface area (Å²) in [5.41, 5.74) is 3.69.